The van der Waals surface area contributed by atoms with Gasteiger partial charge in [-0.15, -0.1) is 6.58 Å². The SMILES string of the molecule is C=CCCCCN(C)C(=O)[C@@H]1C[C@H](OC(=O)Nc2cc(C(F)(F)F)ccc2-n2nccc2C)C[C@H]1C(=O)NC1(C(=O)NS(=O)(=O)C2CC2)CC1. The number of ether oxygens (including phenoxy) is 1. The number of anilines is 1. The molecular weight excluding hydrogens is 681 g/mol. The molecule has 1 aromatic heterocycles. The molecule has 0 spiro atoms. The van der Waals surface area contributed by atoms with Crippen LogP contribution in [0.4, 0.5) is 23.7 Å². The van der Waals surface area contributed by atoms with E-state index in [-0.39, 0.29) is 43.0 Å². The standard InChI is InChI=1S/C33H41F3N6O7S/c1-4-5-6-7-16-41(3)29(44)25-19-22(18-24(25)28(43)39-32(13-14-32)30(45)40-50(47,48)23-9-10-23)49-31(46)38-26-17-21(33(34,35)36)8-11-27(26)42-20(2)12-15-37-42/h4,8,11-12,15,17,22-25H,1,5-7,9-10,13-14,16,18-19H2,2-3H3,(H,38,46)(H,39,43)(H,40,45)/t22-,24-,25-/m1/s1. The van der Waals surface area contributed by atoms with E-state index < -0.39 is 68.4 Å². The lowest BCUT2D eigenvalue weighted by Gasteiger charge is -2.26. The van der Waals surface area contributed by atoms with Gasteiger partial charge in [0.15, 0.2) is 0 Å². The molecule has 2 aromatic rings. The summed E-state index contributed by atoms with van der Waals surface area (Å²) < 4.78 is 74.6. The highest BCUT2D eigenvalue weighted by atomic mass is 32.2. The number of unbranched alkanes of at least 4 members (excludes halogenated alkanes) is 2. The number of hydrogen-bond donors (Lipinski definition) is 3. The van der Waals surface area contributed by atoms with Crippen LogP contribution in [0.5, 0.6) is 0 Å². The lowest BCUT2D eigenvalue weighted by Crippen LogP contribution is -2.53. The van der Waals surface area contributed by atoms with Gasteiger partial charge >= 0.3 is 12.3 Å². The third kappa shape index (κ3) is 8.47. The van der Waals surface area contributed by atoms with E-state index in [4.69, 9.17) is 4.74 Å². The van der Waals surface area contributed by atoms with Gasteiger partial charge in [-0.2, -0.15) is 18.3 Å². The van der Waals surface area contributed by atoms with E-state index in [2.05, 4.69) is 27.0 Å². The van der Waals surface area contributed by atoms with E-state index in [1.54, 1.807) is 26.1 Å². The summed E-state index contributed by atoms with van der Waals surface area (Å²) >= 11 is 0. The minimum absolute atomic E-state index is 0.0652. The number of halogens is 3. The van der Waals surface area contributed by atoms with Crippen LogP contribution in [0.2, 0.25) is 0 Å². The van der Waals surface area contributed by atoms with Gasteiger partial charge in [-0.25, -0.2) is 17.9 Å². The first-order valence-corrected chi connectivity index (χ1v) is 18.0. The molecule has 0 saturated heterocycles. The molecule has 3 atom stereocenters. The number of alkyl halides is 3. The topological polar surface area (TPSA) is 169 Å². The van der Waals surface area contributed by atoms with Gasteiger partial charge in [0.25, 0.3) is 5.91 Å². The van der Waals surface area contributed by atoms with Crippen LogP contribution >= 0.6 is 0 Å². The Bertz CT molecular complexity index is 1750. The number of carbonyl (C=O) groups excluding carboxylic acids is 4. The number of aryl methyl sites for hydroxylation is 1. The molecule has 3 fully saturated rings. The van der Waals surface area contributed by atoms with Crippen molar-refractivity contribution in [2.45, 2.75) is 87.8 Å². The summed E-state index contributed by atoms with van der Waals surface area (Å²) in [5, 5.41) is 8.53. The largest absolute Gasteiger partial charge is 0.446 e. The van der Waals surface area contributed by atoms with Crippen molar-refractivity contribution >= 4 is 39.5 Å². The van der Waals surface area contributed by atoms with Gasteiger partial charge in [0.2, 0.25) is 21.8 Å². The Balaban J connectivity index is 1.32. The van der Waals surface area contributed by atoms with Crippen LogP contribution in [0.25, 0.3) is 5.69 Å². The number of nitrogens with one attached hydrogen (secondary N) is 3. The quantitative estimate of drug-likeness (QED) is 0.193. The monoisotopic (exact) mass is 722 g/mol. The van der Waals surface area contributed by atoms with E-state index in [0.29, 0.717) is 31.5 Å². The number of nitrogens with zero attached hydrogens (tertiary/aromatic N) is 3. The first-order chi connectivity index (χ1) is 23.5. The summed E-state index contributed by atoms with van der Waals surface area (Å²) in [7, 11) is -2.27. The Morgan fingerprint density at radius 1 is 1.12 bits per heavy atom. The number of sulfonamides is 1. The maximum absolute atomic E-state index is 13.7. The molecule has 5 rings (SSSR count). The van der Waals surface area contributed by atoms with Crippen molar-refractivity contribution in [1.82, 2.24) is 24.7 Å². The first kappa shape index (κ1) is 36.9. The minimum atomic E-state index is -4.70. The lowest BCUT2D eigenvalue weighted by atomic mass is 9.93. The Morgan fingerprint density at radius 2 is 1.82 bits per heavy atom. The number of hydrogen-bond acceptors (Lipinski definition) is 8. The normalized spacial score (nSPS) is 21.2. The molecule has 0 radical (unpaired) electrons. The van der Waals surface area contributed by atoms with Gasteiger partial charge < -0.3 is 15.0 Å². The summed E-state index contributed by atoms with van der Waals surface area (Å²) in [6.07, 6.45) is -0.233. The van der Waals surface area contributed by atoms with Gasteiger partial charge in [-0.1, -0.05) is 6.08 Å². The highest BCUT2D eigenvalue weighted by Gasteiger charge is 2.55. The number of amides is 4. The first-order valence-electron chi connectivity index (χ1n) is 16.5. The summed E-state index contributed by atoms with van der Waals surface area (Å²) in [6, 6.07) is 4.44. The van der Waals surface area contributed by atoms with Gasteiger partial charge in [0.1, 0.15) is 11.6 Å². The summed E-state index contributed by atoms with van der Waals surface area (Å²) in [4.78, 5) is 55.0. The maximum atomic E-state index is 13.7. The van der Waals surface area contributed by atoms with Crippen LogP contribution in [0.15, 0.2) is 43.1 Å². The average molecular weight is 723 g/mol. The van der Waals surface area contributed by atoms with Crippen molar-refractivity contribution in [1.29, 1.82) is 0 Å². The fourth-order valence-corrected chi connectivity index (χ4v) is 7.52. The molecule has 3 aliphatic rings. The number of aromatic nitrogens is 2. The van der Waals surface area contributed by atoms with Crippen LogP contribution in [0, 0.1) is 18.8 Å². The number of allylic oxidation sites excluding steroid dienone is 1. The molecule has 50 heavy (non-hydrogen) atoms. The van der Waals surface area contributed by atoms with E-state index >= 15 is 0 Å². The lowest BCUT2D eigenvalue weighted by molar-refractivity contribution is -0.140. The molecule has 17 heteroatoms. The molecular formula is C33H41F3N6O7S. The summed E-state index contributed by atoms with van der Waals surface area (Å²) in [6.45, 7) is 5.76. The molecule has 3 saturated carbocycles. The Morgan fingerprint density at radius 3 is 2.42 bits per heavy atom. The van der Waals surface area contributed by atoms with Crippen molar-refractivity contribution in [2.24, 2.45) is 11.8 Å². The van der Waals surface area contributed by atoms with Crippen LogP contribution in [0.1, 0.15) is 69.0 Å². The highest BCUT2D eigenvalue weighted by molar-refractivity contribution is 7.91. The summed E-state index contributed by atoms with van der Waals surface area (Å²) in [5.74, 6) is -3.88. The second kappa shape index (κ2) is 14.4. The van der Waals surface area contributed by atoms with Crippen molar-refractivity contribution < 1.29 is 45.5 Å². The number of rotatable bonds is 14. The van der Waals surface area contributed by atoms with E-state index in [0.717, 1.165) is 25.0 Å². The fourth-order valence-electron chi connectivity index (χ4n) is 6.14. The molecule has 0 aliphatic heterocycles. The third-order valence-electron chi connectivity index (χ3n) is 9.34. The van der Waals surface area contributed by atoms with E-state index in [1.807, 2.05) is 0 Å². The van der Waals surface area contributed by atoms with E-state index in [1.165, 1.54) is 21.8 Å². The minimum Gasteiger partial charge on any atom is -0.446 e. The maximum Gasteiger partial charge on any atom is 0.416 e. The predicted octanol–water partition coefficient (Wildman–Crippen LogP) is 4.21. The van der Waals surface area contributed by atoms with E-state index in [9.17, 15) is 40.8 Å². The van der Waals surface area contributed by atoms with Crippen molar-refractivity contribution in [3.63, 3.8) is 0 Å². The molecule has 1 aromatic carbocycles. The van der Waals surface area contributed by atoms with Crippen LogP contribution < -0.4 is 15.4 Å². The third-order valence-corrected chi connectivity index (χ3v) is 11.2. The number of benzene rings is 1. The molecule has 1 heterocycles. The molecule has 0 unspecified atom stereocenters. The van der Waals surface area contributed by atoms with Crippen LogP contribution in [-0.2, 0) is 35.3 Å². The van der Waals surface area contributed by atoms with Gasteiger partial charge in [-0.3, -0.25) is 24.4 Å². The van der Waals surface area contributed by atoms with Crippen LogP contribution in [0.3, 0.4) is 0 Å². The van der Waals surface area contributed by atoms with Gasteiger partial charge in [0.05, 0.1) is 34.0 Å². The molecule has 3 aliphatic carbocycles. The van der Waals surface area contributed by atoms with Gasteiger partial charge in [0, 0.05) is 25.5 Å². The smallest absolute Gasteiger partial charge is 0.416 e. The zero-order valence-electron chi connectivity index (χ0n) is 27.8. The molecule has 0 bridgehead atoms. The second-order valence-electron chi connectivity index (χ2n) is 13.2. The second-order valence-corrected chi connectivity index (χ2v) is 15.2. The van der Waals surface area contributed by atoms with Crippen molar-refractivity contribution in [3.8, 4) is 5.69 Å². The predicted molar refractivity (Wildman–Crippen MR) is 175 cm³/mol. The fraction of sp³-hybridized carbons (Fsp3) is 0.545. The van der Waals surface area contributed by atoms with Crippen molar-refractivity contribution in [2.75, 3.05) is 18.9 Å². The Hall–Kier alpha value is -4.41. The van der Waals surface area contributed by atoms with Gasteiger partial charge in [-0.05, 0) is 89.0 Å². The zero-order valence-corrected chi connectivity index (χ0v) is 28.6. The summed E-state index contributed by atoms with van der Waals surface area (Å²) in [5.41, 5.74) is -1.93. The molecule has 13 nitrogen and oxygen atoms in total. The van der Waals surface area contributed by atoms with Crippen LogP contribution in [-0.4, -0.2) is 77.4 Å². The number of carbonyl (C=O) groups is 4. The Labute approximate surface area is 288 Å². The highest BCUT2D eigenvalue weighted by Crippen LogP contribution is 2.41. The van der Waals surface area contributed by atoms with Crippen molar-refractivity contribution in [3.05, 3.63) is 54.4 Å². The Kier molecular flexibility index (Phi) is 10.6. The average Bonchev–Trinajstić information content (AvgIpc) is 3.97. The zero-order chi connectivity index (χ0) is 36.4. The molecule has 4 amide bonds. The molecule has 3 N–H and O–H groups in total. The molecule has 272 valence electrons.